The average molecular weight is 410 g/mol. The van der Waals surface area contributed by atoms with Gasteiger partial charge in [0.25, 0.3) is 0 Å². The molecule has 0 saturated heterocycles. The third-order valence-corrected chi connectivity index (χ3v) is 6.30. The van der Waals surface area contributed by atoms with Crippen LogP contribution in [0.25, 0.3) is 66.1 Å². The zero-order valence-corrected chi connectivity index (χ0v) is 17.2. The van der Waals surface area contributed by atoms with Gasteiger partial charge in [0.1, 0.15) is 22.3 Å². The summed E-state index contributed by atoms with van der Waals surface area (Å²) in [5.41, 5.74) is 8.43. The standard InChI is InChI=1S/C30H18O2/c1-2-8-22(20-14-16-30-26(18-20)24-10-4-6-12-28(24)32-30)21(7-1)19-13-15-29-25(17-19)23-9-3-5-11-27(23)31-29/h1-18H. The van der Waals surface area contributed by atoms with Gasteiger partial charge in [-0.2, -0.15) is 0 Å². The molecule has 150 valence electrons. The van der Waals surface area contributed by atoms with E-state index in [2.05, 4.69) is 84.9 Å². The summed E-state index contributed by atoms with van der Waals surface area (Å²) in [7, 11) is 0. The molecule has 2 nitrogen and oxygen atoms in total. The van der Waals surface area contributed by atoms with Crippen LogP contribution in [0.4, 0.5) is 0 Å². The van der Waals surface area contributed by atoms with Gasteiger partial charge >= 0.3 is 0 Å². The molecule has 0 fully saturated rings. The van der Waals surface area contributed by atoms with Crippen molar-refractivity contribution >= 4 is 43.9 Å². The SMILES string of the molecule is c1ccc(-c2ccc3oc4ccccc4c3c2)c(-c2ccc3oc4ccccc4c3c2)c1. The monoisotopic (exact) mass is 410 g/mol. The van der Waals surface area contributed by atoms with Gasteiger partial charge in [-0.1, -0.05) is 72.8 Å². The molecule has 2 aromatic heterocycles. The summed E-state index contributed by atoms with van der Waals surface area (Å²) in [6.07, 6.45) is 0. The van der Waals surface area contributed by atoms with Crippen molar-refractivity contribution in [3.8, 4) is 22.3 Å². The first kappa shape index (κ1) is 17.4. The normalized spacial score (nSPS) is 11.8. The van der Waals surface area contributed by atoms with E-state index in [-0.39, 0.29) is 0 Å². The van der Waals surface area contributed by atoms with Crippen molar-refractivity contribution in [1.82, 2.24) is 0 Å². The summed E-state index contributed by atoms with van der Waals surface area (Å²) in [6.45, 7) is 0. The van der Waals surface area contributed by atoms with Crippen molar-refractivity contribution in [1.29, 1.82) is 0 Å². The van der Waals surface area contributed by atoms with E-state index in [1.807, 2.05) is 24.3 Å². The Bertz CT molecular complexity index is 1650. The second-order valence-corrected chi connectivity index (χ2v) is 8.16. The van der Waals surface area contributed by atoms with Gasteiger partial charge in [0.05, 0.1) is 0 Å². The van der Waals surface area contributed by atoms with Gasteiger partial charge in [-0.25, -0.2) is 0 Å². The number of benzene rings is 5. The number of hydrogen-bond acceptors (Lipinski definition) is 2. The first-order valence-corrected chi connectivity index (χ1v) is 10.8. The van der Waals surface area contributed by atoms with Crippen LogP contribution in [0.5, 0.6) is 0 Å². The highest BCUT2D eigenvalue weighted by Gasteiger charge is 2.13. The number of rotatable bonds is 2. The molecule has 0 saturated carbocycles. The van der Waals surface area contributed by atoms with Crippen molar-refractivity contribution < 1.29 is 8.83 Å². The summed E-state index contributed by atoms with van der Waals surface area (Å²) in [5, 5.41) is 4.58. The van der Waals surface area contributed by atoms with Crippen molar-refractivity contribution in [3.05, 3.63) is 109 Å². The maximum absolute atomic E-state index is 6.03. The van der Waals surface area contributed by atoms with E-state index in [0.29, 0.717) is 0 Å². The maximum Gasteiger partial charge on any atom is 0.135 e. The van der Waals surface area contributed by atoms with Gasteiger partial charge in [0.2, 0.25) is 0 Å². The molecule has 0 aliphatic carbocycles. The van der Waals surface area contributed by atoms with Crippen LogP contribution in [-0.2, 0) is 0 Å². The molecule has 5 aromatic carbocycles. The van der Waals surface area contributed by atoms with Crippen LogP contribution in [0.1, 0.15) is 0 Å². The fourth-order valence-corrected chi connectivity index (χ4v) is 4.77. The maximum atomic E-state index is 6.03. The predicted octanol–water partition coefficient (Wildman–Crippen LogP) is 8.82. The van der Waals surface area contributed by atoms with E-state index in [4.69, 9.17) is 8.83 Å². The van der Waals surface area contributed by atoms with Gasteiger partial charge in [-0.3, -0.25) is 0 Å². The van der Waals surface area contributed by atoms with E-state index in [1.165, 1.54) is 22.3 Å². The van der Waals surface area contributed by atoms with Gasteiger partial charge in [0.15, 0.2) is 0 Å². The third-order valence-electron chi connectivity index (χ3n) is 6.30. The summed E-state index contributed by atoms with van der Waals surface area (Å²) < 4.78 is 12.1. The van der Waals surface area contributed by atoms with E-state index in [1.54, 1.807) is 0 Å². The molecule has 2 heteroatoms. The Morgan fingerprint density at radius 1 is 0.344 bits per heavy atom. The highest BCUT2D eigenvalue weighted by molar-refractivity contribution is 6.08. The van der Waals surface area contributed by atoms with Crippen LogP contribution in [0, 0.1) is 0 Å². The molecule has 2 heterocycles. The largest absolute Gasteiger partial charge is 0.456 e. The smallest absolute Gasteiger partial charge is 0.135 e. The van der Waals surface area contributed by atoms with Crippen LogP contribution in [0.3, 0.4) is 0 Å². The zero-order chi connectivity index (χ0) is 21.1. The molecular weight excluding hydrogens is 392 g/mol. The molecule has 7 aromatic rings. The lowest BCUT2D eigenvalue weighted by Gasteiger charge is -2.10. The van der Waals surface area contributed by atoms with E-state index >= 15 is 0 Å². The van der Waals surface area contributed by atoms with Crippen LogP contribution < -0.4 is 0 Å². The fourth-order valence-electron chi connectivity index (χ4n) is 4.77. The molecule has 0 unspecified atom stereocenters. The minimum absolute atomic E-state index is 0.915. The van der Waals surface area contributed by atoms with E-state index in [0.717, 1.165) is 43.9 Å². The van der Waals surface area contributed by atoms with Crippen molar-refractivity contribution in [2.75, 3.05) is 0 Å². The van der Waals surface area contributed by atoms with Crippen LogP contribution in [0.2, 0.25) is 0 Å². The van der Waals surface area contributed by atoms with Gasteiger partial charge in [-0.15, -0.1) is 0 Å². The lowest BCUT2D eigenvalue weighted by molar-refractivity contribution is 0.668. The van der Waals surface area contributed by atoms with Crippen molar-refractivity contribution in [2.45, 2.75) is 0 Å². The molecular formula is C30H18O2. The summed E-state index contributed by atoms with van der Waals surface area (Å²) >= 11 is 0. The second kappa shape index (κ2) is 6.60. The molecule has 32 heavy (non-hydrogen) atoms. The number of furan rings is 2. The Balaban J connectivity index is 1.45. The fraction of sp³-hybridized carbons (Fsp3) is 0. The molecule has 0 spiro atoms. The number of hydrogen-bond donors (Lipinski definition) is 0. The quantitative estimate of drug-likeness (QED) is 0.284. The van der Waals surface area contributed by atoms with Gasteiger partial charge < -0.3 is 8.83 Å². The minimum atomic E-state index is 0.915. The average Bonchev–Trinajstić information content (AvgIpc) is 3.41. The highest BCUT2D eigenvalue weighted by atomic mass is 16.3. The molecule has 0 atom stereocenters. The Labute approximate surface area is 184 Å². The van der Waals surface area contributed by atoms with Crippen molar-refractivity contribution in [2.24, 2.45) is 0 Å². The predicted molar refractivity (Wildman–Crippen MR) is 132 cm³/mol. The molecule has 0 bridgehead atoms. The molecule has 0 radical (unpaired) electrons. The second-order valence-electron chi connectivity index (χ2n) is 8.16. The van der Waals surface area contributed by atoms with E-state index < -0.39 is 0 Å². The molecule has 0 N–H and O–H groups in total. The Hall–Kier alpha value is -4.30. The zero-order valence-electron chi connectivity index (χ0n) is 17.2. The first-order valence-electron chi connectivity index (χ1n) is 10.8. The van der Waals surface area contributed by atoms with Gasteiger partial charge in [0, 0.05) is 21.5 Å². The topological polar surface area (TPSA) is 26.3 Å². The lowest BCUT2D eigenvalue weighted by Crippen LogP contribution is -1.85. The molecule has 0 amide bonds. The molecule has 0 aliphatic rings. The minimum Gasteiger partial charge on any atom is -0.456 e. The number of fused-ring (bicyclic) bond motifs is 6. The van der Waals surface area contributed by atoms with Crippen LogP contribution >= 0.6 is 0 Å². The molecule has 0 aliphatic heterocycles. The van der Waals surface area contributed by atoms with E-state index in [9.17, 15) is 0 Å². The van der Waals surface area contributed by atoms with Gasteiger partial charge in [-0.05, 0) is 58.7 Å². The highest BCUT2D eigenvalue weighted by Crippen LogP contribution is 2.38. The Morgan fingerprint density at radius 2 is 0.750 bits per heavy atom. The third kappa shape index (κ3) is 2.53. The summed E-state index contributed by atoms with van der Waals surface area (Å²) in [4.78, 5) is 0. The molecule has 7 rings (SSSR count). The lowest BCUT2D eigenvalue weighted by atomic mass is 9.93. The first-order chi connectivity index (χ1) is 15.8. The Morgan fingerprint density at radius 3 is 1.25 bits per heavy atom. The van der Waals surface area contributed by atoms with Crippen molar-refractivity contribution in [3.63, 3.8) is 0 Å². The Kier molecular flexibility index (Phi) is 3.58. The summed E-state index contributed by atoms with van der Waals surface area (Å²) in [5.74, 6) is 0. The summed E-state index contributed by atoms with van der Waals surface area (Å²) in [6, 6.07) is 37.9. The van der Waals surface area contributed by atoms with Crippen LogP contribution in [0.15, 0.2) is 118 Å². The number of para-hydroxylation sites is 2. The van der Waals surface area contributed by atoms with Crippen LogP contribution in [-0.4, -0.2) is 0 Å².